The summed E-state index contributed by atoms with van der Waals surface area (Å²) in [5.74, 6) is 1.91. The number of aromatic nitrogens is 5. The van der Waals surface area contributed by atoms with E-state index in [0.717, 1.165) is 33.6 Å². The highest BCUT2D eigenvalue weighted by molar-refractivity contribution is 7.27. The molecule has 0 aliphatic heterocycles. The van der Waals surface area contributed by atoms with Gasteiger partial charge in [0.15, 0.2) is 17.5 Å². The lowest BCUT2D eigenvalue weighted by Crippen LogP contribution is -2.01. The number of thiophene rings is 1. The number of benzene rings is 8. The fourth-order valence-corrected chi connectivity index (χ4v) is 9.99. The first-order valence-corrected chi connectivity index (χ1v) is 19.9. The lowest BCUT2D eigenvalue weighted by Gasteiger charge is -2.14. The zero-order chi connectivity index (χ0) is 37.5. The van der Waals surface area contributed by atoms with Crippen molar-refractivity contribution in [3.05, 3.63) is 188 Å². The van der Waals surface area contributed by atoms with Crippen molar-refractivity contribution in [3.63, 3.8) is 0 Å². The summed E-state index contributed by atoms with van der Waals surface area (Å²) >= 11 is 1.90. The van der Waals surface area contributed by atoms with Gasteiger partial charge in [0.25, 0.3) is 0 Å². The molecule has 0 radical (unpaired) electrons. The minimum absolute atomic E-state index is 0.625. The Balaban J connectivity index is 1.23. The second-order valence-electron chi connectivity index (χ2n) is 14.4. The summed E-state index contributed by atoms with van der Waals surface area (Å²) in [4.78, 5) is 15.2. The minimum Gasteiger partial charge on any atom is -0.307 e. The molecule has 266 valence electrons. The van der Waals surface area contributed by atoms with Gasteiger partial charge in [0, 0.05) is 69.8 Å². The predicted molar refractivity (Wildman–Crippen MR) is 238 cm³/mol. The van der Waals surface area contributed by atoms with Gasteiger partial charge in [-0.1, -0.05) is 146 Å². The van der Waals surface area contributed by atoms with Crippen molar-refractivity contribution < 1.29 is 0 Å². The van der Waals surface area contributed by atoms with Gasteiger partial charge in [-0.05, 0) is 42.5 Å². The molecule has 8 aromatic carbocycles. The van der Waals surface area contributed by atoms with Gasteiger partial charge >= 0.3 is 0 Å². The number of para-hydroxylation sites is 3. The van der Waals surface area contributed by atoms with Gasteiger partial charge < -0.3 is 9.13 Å². The summed E-state index contributed by atoms with van der Waals surface area (Å²) < 4.78 is 7.54. The fourth-order valence-electron chi connectivity index (χ4n) is 8.72. The molecular weight excluding hydrogens is 715 g/mol. The molecule has 0 atom stereocenters. The van der Waals surface area contributed by atoms with Crippen LogP contribution in [0, 0.1) is 0 Å². The van der Waals surface area contributed by atoms with E-state index in [-0.39, 0.29) is 0 Å². The SMILES string of the molecule is c1ccc(-c2nc(-c3ccccc3)nc(-c3cccc(-n4c5ccccc5c5c6c7ccccc7sc6c6c7ccccc7n(-c7ccccc7)c6c54)c3)n2)cc1. The standard InChI is InChI=1S/C51H31N5S/c1-4-17-32(18-5-1)49-52-50(33-19-6-2-7-20-33)54-51(53-49)34-21-16-24-36(31-34)56-40-28-13-10-25-37(40)43-44-39-27-12-15-30-42(39)57-48(44)45-38-26-11-14-29-41(38)55(47(45)46(43)56)35-22-8-3-9-23-35/h1-31H. The Morgan fingerprint density at radius 3 is 1.46 bits per heavy atom. The van der Waals surface area contributed by atoms with E-state index in [9.17, 15) is 0 Å². The third-order valence-electron chi connectivity index (χ3n) is 11.1. The molecule has 4 aromatic heterocycles. The van der Waals surface area contributed by atoms with E-state index in [0.29, 0.717) is 17.5 Å². The normalized spacial score (nSPS) is 11.9. The number of hydrogen-bond acceptors (Lipinski definition) is 4. The van der Waals surface area contributed by atoms with Crippen molar-refractivity contribution in [2.75, 3.05) is 0 Å². The molecule has 12 aromatic rings. The maximum Gasteiger partial charge on any atom is 0.164 e. The molecule has 0 saturated heterocycles. The highest BCUT2D eigenvalue weighted by Gasteiger charge is 2.27. The zero-order valence-electron chi connectivity index (χ0n) is 30.5. The van der Waals surface area contributed by atoms with E-state index in [1.165, 1.54) is 58.3 Å². The Hall–Kier alpha value is -7.41. The Bertz CT molecular complexity index is 3450. The highest BCUT2D eigenvalue weighted by atomic mass is 32.1. The van der Waals surface area contributed by atoms with Gasteiger partial charge in [0.1, 0.15) is 0 Å². The Morgan fingerprint density at radius 1 is 0.351 bits per heavy atom. The van der Waals surface area contributed by atoms with Gasteiger partial charge in [-0.2, -0.15) is 0 Å². The minimum atomic E-state index is 0.625. The smallest absolute Gasteiger partial charge is 0.164 e. The van der Waals surface area contributed by atoms with Crippen molar-refractivity contribution in [2.24, 2.45) is 0 Å². The van der Waals surface area contributed by atoms with Crippen LogP contribution in [0.2, 0.25) is 0 Å². The Morgan fingerprint density at radius 2 is 0.807 bits per heavy atom. The maximum absolute atomic E-state index is 5.11. The topological polar surface area (TPSA) is 48.5 Å². The third kappa shape index (κ3) is 4.84. The van der Waals surface area contributed by atoms with Gasteiger partial charge in [-0.15, -0.1) is 11.3 Å². The lowest BCUT2D eigenvalue weighted by atomic mass is 10.0. The van der Waals surface area contributed by atoms with Gasteiger partial charge in [-0.25, -0.2) is 15.0 Å². The molecular formula is C51H31N5S. The van der Waals surface area contributed by atoms with Crippen LogP contribution >= 0.6 is 11.3 Å². The number of nitrogens with zero attached hydrogens (tertiary/aromatic N) is 5. The van der Waals surface area contributed by atoms with E-state index in [2.05, 4.69) is 137 Å². The molecule has 0 amide bonds. The molecule has 12 rings (SSSR count). The van der Waals surface area contributed by atoms with Crippen LogP contribution in [0.15, 0.2) is 188 Å². The number of hydrogen-bond donors (Lipinski definition) is 0. The summed E-state index contributed by atoms with van der Waals surface area (Å²) in [6.07, 6.45) is 0. The molecule has 0 aliphatic carbocycles. The Labute approximate surface area is 331 Å². The molecule has 0 fully saturated rings. The fraction of sp³-hybridized carbons (Fsp3) is 0. The van der Waals surface area contributed by atoms with Crippen LogP contribution in [-0.2, 0) is 0 Å². The average Bonchev–Trinajstić information content (AvgIpc) is 3.95. The van der Waals surface area contributed by atoms with Crippen LogP contribution in [0.25, 0.3) is 109 Å². The van der Waals surface area contributed by atoms with Crippen molar-refractivity contribution in [3.8, 4) is 45.5 Å². The molecule has 0 aliphatic rings. The third-order valence-corrected chi connectivity index (χ3v) is 12.3. The predicted octanol–water partition coefficient (Wildman–Crippen LogP) is 13.4. The van der Waals surface area contributed by atoms with E-state index in [4.69, 9.17) is 15.0 Å². The molecule has 4 heterocycles. The number of rotatable bonds is 5. The van der Waals surface area contributed by atoms with Crippen LogP contribution in [0.5, 0.6) is 0 Å². The molecule has 0 N–H and O–H groups in total. The van der Waals surface area contributed by atoms with Crippen LogP contribution in [0.1, 0.15) is 0 Å². The van der Waals surface area contributed by atoms with Gasteiger partial charge in [-0.3, -0.25) is 0 Å². The first-order chi connectivity index (χ1) is 28.3. The van der Waals surface area contributed by atoms with Crippen LogP contribution in [0.4, 0.5) is 0 Å². The average molecular weight is 746 g/mol. The van der Waals surface area contributed by atoms with Crippen LogP contribution in [-0.4, -0.2) is 24.1 Å². The summed E-state index contributed by atoms with van der Waals surface area (Å²) in [5.41, 5.74) is 9.65. The molecule has 0 saturated carbocycles. The van der Waals surface area contributed by atoms with Gasteiger partial charge in [0.2, 0.25) is 0 Å². The van der Waals surface area contributed by atoms with E-state index in [1.54, 1.807) is 0 Å². The van der Waals surface area contributed by atoms with Gasteiger partial charge in [0.05, 0.1) is 22.1 Å². The summed E-state index contributed by atoms with van der Waals surface area (Å²) in [6.45, 7) is 0. The molecule has 0 bridgehead atoms. The van der Waals surface area contributed by atoms with E-state index < -0.39 is 0 Å². The van der Waals surface area contributed by atoms with E-state index >= 15 is 0 Å². The molecule has 57 heavy (non-hydrogen) atoms. The molecule has 0 spiro atoms. The van der Waals surface area contributed by atoms with Crippen molar-refractivity contribution >= 4 is 75.1 Å². The van der Waals surface area contributed by atoms with Crippen LogP contribution in [0.3, 0.4) is 0 Å². The summed E-state index contributed by atoms with van der Waals surface area (Å²) in [5, 5.41) is 7.58. The van der Waals surface area contributed by atoms with E-state index in [1.807, 2.05) is 72.0 Å². The zero-order valence-corrected chi connectivity index (χ0v) is 31.4. The first-order valence-electron chi connectivity index (χ1n) is 19.1. The van der Waals surface area contributed by atoms with Crippen molar-refractivity contribution in [2.45, 2.75) is 0 Å². The summed E-state index contributed by atoms with van der Waals surface area (Å²) in [7, 11) is 0. The van der Waals surface area contributed by atoms with Crippen molar-refractivity contribution in [1.82, 2.24) is 24.1 Å². The lowest BCUT2D eigenvalue weighted by molar-refractivity contribution is 1.07. The monoisotopic (exact) mass is 745 g/mol. The number of fused-ring (bicyclic) bond motifs is 12. The van der Waals surface area contributed by atoms with Crippen LogP contribution < -0.4 is 0 Å². The Kier molecular flexibility index (Phi) is 7.03. The molecule has 5 nitrogen and oxygen atoms in total. The maximum atomic E-state index is 5.11. The first kappa shape index (κ1) is 31.9. The summed E-state index contributed by atoms with van der Waals surface area (Å²) in [6, 6.07) is 66.4. The largest absolute Gasteiger partial charge is 0.307 e. The highest BCUT2D eigenvalue weighted by Crippen LogP contribution is 2.51. The van der Waals surface area contributed by atoms with Crippen molar-refractivity contribution in [1.29, 1.82) is 0 Å². The molecule has 0 unspecified atom stereocenters. The second kappa shape index (κ2) is 12.6. The second-order valence-corrected chi connectivity index (χ2v) is 15.4. The quantitative estimate of drug-likeness (QED) is 0.176. The molecule has 6 heteroatoms.